The number of ether oxygens (including phenoxy) is 2. The molecule has 5 nitrogen and oxygen atoms in total. The molecule has 6 heteroatoms. The summed E-state index contributed by atoms with van der Waals surface area (Å²) in [6, 6.07) is 5.91. The first-order valence-corrected chi connectivity index (χ1v) is 8.02. The molecule has 116 valence electrons. The summed E-state index contributed by atoms with van der Waals surface area (Å²) < 4.78 is 10.8. The predicted octanol–water partition coefficient (Wildman–Crippen LogP) is 3.00. The number of anilines is 2. The Morgan fingerprint density at radius 3 is 3.09 bits per heavy atom. The monoisotopic (exact) mass is 318 g/mol. The van der Waals surface area contributed by atoms with Crippen LogP contribution in [0.3, 0.4) is 0 Å². The number of nitrogen functional groups attached to an aromatic ring is 1. The number of hydrogen-bond acceptors (Lipinski definition) is 6. The van der Waals surface area contributed by atoms with E-state index >= 15 is 0 Å². The molecular weight excluding hydrogens is 300 g/mol. The molecule has 2 heterocycles. The van der Waals surface area contributed by atoms with E-state index in [2.05, 4.69) is 4.90 Å². The molecular formula is C16H18N2O3S. The second-order valence-electron chi connectivity index (χ2n) is 5.06. The molecule has 0 saturated carbocycles. The molecule has 0 fully saturated rings. The van der Waals surface area contributed by atoms with Gasteiger partial charge in [-0.1, -0.05) is 6.07 Å². The summed E-state index contributed by atoms with van der Waals surface area (Å²) in [5, 5.41) is 2.38. The Morgan fingerprint density at radius 2 is 2.32 bits per heavy atom. The molecule has 1 aromatic carbocycles. The highest BCUT2D eigenvalue weighted by Crippen LogP contribution is 2.39. The standard InChI is InChI=1S/C16H18N2O3S/c1-3-20-16(19)14-11(9-22-15(14)17)10-4-5-13-12(8-10)18(2)6-7-21-13/h4-5,8-9H,3,6-7,17H2,1-2H3. The molecule has 0 unspecified atom stereocenters. The minimum absolute atomic E-state index is 0.328. The largest absolute Gasteiger partial charge is 0.490 e. The average molecular weight is 318 g/mol. The van der Waals surface area contributed by atoms with Crippen LogP contribution in [0.4, 0.5) is 10.7 Å². The first kappa shape index (κ1) is 14.7. The molecule has 0 spiro atoms. The molecule has 1 aliphatic heterocycles. The van der Waals surface area contributed by atoms with Crippen molar-refractivity contribution in [2.24, 2.45) is 0 Å². The lowest BCUT2D eigenvalue weighted by molar-refractivity contribution is 0.0529. The minimum Gasteiger partial charge on any atom is -0.490 e. The molecule has 3 rings (SSSR count). The van der Waals surface area contributed by atoms with E-state index in [1.165, 1.54) is 11.3 Å². The molecule has 0 radical (unpaired) electrons. The van der Waals surface area contributed by atoms with Crippen LogP contribution in [0.25, 0.3) is 11.1 Å². The van der Waals surface area contributed by atoms with Crippen molar-refractivity contribution in [1.82, 2.24) is 0 Å². The van der Waals surface area contributed by atoms with E-state index in [9.17, 15) is 4.79 Å². The number of likely N-dealkylation sites (N-methyl/N-ethyl adjacent to an activating group) is 1. The predicted molar refractivity (Wildman–Crippen MR) is 88.9 cm³/mol. The van der Waals surface area contributed by atoms with Crippen molar-refractivity contribution in [3.8, 4) is 16.9 Å². The average Bonchev–Trinajstić information content (AvgIpc) is 2.89. The quantitative estimate of drug-likeness (QED) is 0.881. The lowest BCUT2D eigenvalue weighted by atomic mass is 10.0. The second-order valence-corrected chi connectivity index (χ2v) is 5.97. The third-order valence-corrected chi connectivity index (χ3v) is 4.48. The summed E-state index contributed by atoms with van der Waals surface area (Å²) in [4.78, 5) is 14.3. The highest BCUT2D eigenvalue weighted by molar-refractivity contribution is 7.14. The van der Waals surface area contributed by atoms with Gasteiger partial charge in [-0.15, -0.1) is 11.3 Å². The number of nitrogens with two attached hydrogens (primary N) is 1. The number of rotatable bonds is 3. The Hall–Kier alpha value is -2.21. The van der Waals surface area contributed by atoms with Crippen molar-refractivity contribution in [1.29, 1.82) is 0 Å². The van der Waals surface area contributed by atoms with Gasteiger partial charge in [-0.25, -0.2) is 4.79 Å². The molecule has 2 aromatic rings. The van der Waals surface area contributed by atoms with Crippen LogP contribution < -0.4 is 15.4 Å². The summed E-state index contributed by atoms with van der Waals surface area (Å²) >= 11 is 1.35. The summed E-state index contributed by atoms with van der Waals surface area (Å²) in [7, 11) is 2.03. The SMILES string of the molecule is CCOC(=O)c1c(-c2ccc3c(c2)N(C)CCO3)csc1N. The Labute approximate surface area is 133 Å². The van der Waals surface area contributed by atoms with Crippen LogP contribution in [0.5, 0.6) is 5.75 Å². The van der Waals surface area contributed by atoms with Crippen LogP contribution >= 0.6 is 11.3 Å². The van der Waals surface area contributed by atoms with E-state index in [-0.39, 0.29) is 5.97 Å². The van der Waals surface area contributed by atoms with E-state index in [0.717, 1.165) is 29.1 Å². The fourth-order valence-corrected chi connectivity index (χ4v) is 3.33. The van der Waals surface area contributed by atoms with E-state index in [4.69, 9.17) is 15.2 Å². The van der Waals surface area contributed by atoms with Gasteiger partial charge < -0.3 is 20.1 Å². The van der Waals surface area contributed by atoms with Crippen LogP contribution in [-0.2, 0) is 4.74 Å². The third-order valence-electron chi connectivity index (χ3n) is 3.66. The van der Waals surface area contributed by atoms with Gasteiger partial charge in [0.15, 0.2) is 0 Å². The van der Waals surface area contributed by atoms with Crippen molar-refractivity contribution in [3.05, 3.63) is 29.1 Å². The Balaban J connectivity index is 2.05. The maximum absolute atomic E-state index is 12.1. The van der Waals surface area contributed by atoms with Crippen molar-refractivity contribution >= 4 is 28.0 Å². The highest BCUT2D eigenvalue weighted by atomic mass is 32.1. The van der Waals surface area contributed by atoms with Gasteiger partial charge in [0.25, 0.3) is 0 Å². The van der Waals surface area contributed by atoms with Crippen LogP contribution in [0, 0.1) is 0 Å². The van der Waals surface area contributed by atoms with Crippen molar-refractivity contribution < 1.29 is 14.3 Å². The molecule has 22 heavy (non-hydrogen) atoms. The lowest BCUT2D eigenvalue weighted by Crippen LogP contribution is -2.28. The van der Waals surface area contributed by atoms with Crippen molar-refractivity contribution in [3.63, 3.8) is 0 Å². The summed E-state index contributed by atoms with van der Waals surface area (Å²) in [5.74, 6) is 0.483. The van der Waals surface area contributed by atoms with Gasteiger partial charge in [-0.3, -0.25) is 0 Å². The maximum atomic E-state index is 12.1. The first-order chi connectivity index (χ1) is 10.6. The van der Waals surface area contributed by atoms with Gasteiger partial charge in [-0.05, 0) is 24.6 Å². The zero-order valence-electron chi connectivity index (χ0n) is 12.6. The van der Waals surface area contributed by atoms with Crippen molar-refractivity contribution in [2.75, 3.05) is 37.4 Å². The number of hydrogen-bond donors (Lipinski definition) is 1. The maximum Gasteiger partial charge on any atom is 0.341 e. The zero-order chi connectivity index (χ0) is 15.7. The topological polar surface area (TPSA) is 64.8 Å². The smallest absolute Gasteiger partial charge is 0.341 e. The summed E-state index contributed by atoms with van der Waals surface area (Å²) in [6.45, 7) is 3.63. The number of carbonyl (C=O) groups excluding carboxylic acids is 1. The number of carbonyl (C=O) groups is 1. The van der Waals surface area contributed by atoms with E-state index in [0.29, 0.717) is 23.8 Å². The Kier molecular flexibility index (Phi) is 3.94. The van der Waals surface area contributed by atoms with Crippen LogP contribution in [-0.4, -0.2) is 32.8 Å². The Morgan fingerprint density at radius 1 is 1.50 bits per heavy atom. The molecule has 1 aliphatic rings. The highest BCUT2D eigenvalue weighted by Gasteiger charge is 2.22. The van der Waals surface area contributed by atoms with Crippen LogP contribution in [0.2, 0.25) is 0 Å². The van der Waals surface area contributed by atoms with Gasteiger partial charge in [0.2, 0.25) is 0 Å². The van der Waals surface area contributed by atoms with E-state index in [1.54, 1.807) is 6.92 Å². The molecule has 0 aliphatic carbocycles. The van der Waals surface area contributed by atoms with Gasteiger partial charge >= 0.3 is 5.97 Å². The summed E-state index contributed by atoms with van der Waals surface area (Å²) in [6.07, 6.45) is 0. The molecule has 0 saturated heterocycles. The lowest BCUT2D eigenvalue weighted by Gasteiger charge is -2.28. The van der Waals surface area contributed by atoms with Gasteiger partial charge in [0, 0.05) is 18.0 Å². The number of nitrogens with zero attached hydrogens (tertiary/aromatic N) is 1. The fraction of sp³-hybridized carbons (Fsp3) is 0.312. The molecule has 2 N–H and O–H groups in total. The van der Waals surface area contributed by atoms with Crippen LogP contribution in [0.15, 0.2) is 23.6 Å². The third kappa shape index (κ3) is 2.50. The number of benzene rings is 1. The van der Waals surface area contributed by atoms with Gasteiger partial charge in [0.05, 0.1) is 18.8 Å². The molecule has 0 bridgehead atoms. The fourth-order valence-electron chi connectivity index (χ4n) is 2.52. The number of thiophene rings is 1. The molecule has 0 atom stereocenters. The molecule has 1 aromatic heterocycles. The number of fused-ring (bicyclic) bond motifs is 1. The van der Waals surface area contributed by atoms with Crippen molar-refractivity contribution in [2.45, 2.75) is 6.92 Å². The minimum atomic E-state index is -0.376. The first-order valence-electron chi connectivity index (χ1n) is 7.14. The molecule has 0 amide bonds. The summed E-state index contributed by atoms with van der Waals surface area (Å²) in [5.41, 5.74) is 9.17. The normalized spacial score (nSPS) is 13.5. The van der Waals surface area contributed by atoms with Crippen LogP contribution in [0.1, 0.15) is 17.3 Å². The Bertz CT molecular complexity index is 711. The van der Waals surface area contributed by atoms with E-state index < -0.39 is 0 Å². The zero-order valence-corrected chi connectivity index (χ0v) is 13.4. The van der Waals surface area contributed by atoms with Gasteiger partial charge in [0.1, 0.15) is 22.9 Å². The van der Waals surface area contributed by atoms with E-state index in [1.807, 2.05) is 30.6 Å². The van der Waals surface area contributed by atoms with Gasteiger partial charge in [-0.2, -0.15) is 0 Å². The number of esters is 1. The second kappa shape index (κ2) is 5.88.